The van der Waals surface area contributed by atoms with Crippen LogP contribution in [0, 0.1) is 0 Å². The minimum atomic E-state index is -0.887. The third-order valence-corrected chi connectivity index (χ3v) is 7.08. The highest BCUT2D eigenvalue weighted by Gasteiger charge is 2.25. The molecule has 0 aliphatic heterocycles. The molecule has 0 saturated carbocycles. The molecule has 9 nitrogen and oxygen atoms in total. The highest BCUT2D eigenvalue weighted by Crippen LogP contribution is 2.14. The van der Waals surface area contributed by atoms with E-state index in [1.165, 1.54) is 11.0 Å². The van der Waals surface area contributed by atoms with Crippen molar-refractivity contribution in [3.05, 3.63) is 95.6 Å². The van der Waals surface area contributed by atoms with E-state index in [4.69, 9.17) is 0 Å². The van der Waals surface area contributed by atoms with Crippen LogP contribution in [0.4, 0.5) is 4.79 Å². The van der Waals surface area contributed by atoms with E-state index in [-0.39, 0.29) is 23.3 Å². The number of carboxylic acid groups (broad SMARTS) is 1. The second-order valence-electron chi connectivity index (χ2n) is 12.0. The van der Waals surface area contributed by atoms with Gasteiger partial charge in [0.15, 0.2) is 0 Å². The van der Waals surface area contributed by atoms with Gasteiger partial charge in [-0.2, -0.15) is 0 Å². The summed E-state index contributed by atoms with van der Waals surface area (Å²) in [7, 11) is 0. The minimum Gasteiger partial charge on any atom is -0.465 e. The molecule has 0 spiro atoms. The summed E-state index contributed by atoms with van der Waals surface area (Å²) in [6.07, 6.45) is 12.9. The Hall–Kier alpha value is -4.66. The fourth-order valence-corrected chi connectivity index (χ4v) is 4.20. The minimum absolute atomic E-state index is 0.00754. The molecule has 0 fully saturated rings. The van der Waals surface area contributed by atoms with Crippen molar-refractivity contribution in [3.8, 4) is 0 Å². The summed E-state index contributed by atoms with van der Waals surface area (Å²) >= 11 is 0. The van der Waals surface area contributed by atoms with Gasteiger partial charge in [-0.15, -0.1) is 0 Å². The predicted molar refractivity (Wildman–Crippen MR) is 192 cm³/mol. The molecule has 2 rings (SSSR count). The van der Waals surface area contributed by atoms with Crippen LogP contribution in [-0.4, -0.2) is 65.5 Å². The lowest BCUT2D eigenvalue weighted by Gasteiger charge is -2.33. The quantitative estimate of drug-likeness (QED) is 0.111. The molecule has 2 aromatic carbocycles. The Bertz CT molecular complexity index is 1300. The number of carbonyl (C=O) groups is 4. The van der Waals surface area contributed by atoms with Crippen molar-refractivity contribution in [3.63, 3.8) is 0 Å². The Balaban J connectivity index is 0.000000470. The van der Waals surface area contributed by atoms with Gasteiger partial charge in [0.2, 0.25) is 17.7 Å². The number of allylic oxidation sites excluding steroid dienone is 1. The molecule has 0 aromatic heterocycles. The summed E-state index contributed by atoms with van der Waals surface area (Å²) in [5.74, 6) is -0.196. The fraction of sp³-hybridized carbons (Fsp3) is 0.421. The number of nitrogens with one attached hydrogen (secondary N) is 3. The average Bonchev–Trinajstić information content (AvgIpc) is 3.05. The number of amides is 4. The zero-order valence-electron chi connectivity index (χ0n) is 28.8. The molecule has 4 N–H and O–H groups in total. The van der Waals surface area contributed by atoms with E-state index in [0.717, 1.165) is 55.2 Å². The molecular weight excluding hydrogens is 592 g/mol. The summed E-state index contributed by atoms with van der Waals surface area (Å²) in [6.45, 7) is 11.8. The van der Waals surface area contributed by atoms with Gasteiger partial charge in [0.05, 0.1) is 0 Å². The van der Waals surface area contributed by atoms with Crippen molar-refractivity contribution in [2.45, 2.75) is 78.7 Å². The zero-order chi connectivity index (χ0) is 34.9. The van der Waals surface area contributed by atoms with Gasteiger partial charge in [-0.25, -0.2) is 4.79 Å². The highest BCUT2D eigenvalue weighted by atomic mass is 16.4. The molecule has 256 valence electrons. The molecule has 0 bridgehead atoms. The fourth-order valence-electron chi connectivity index (χ4n) is 4.20. The molecule has 0 saturated heterocycles. The summed E-state index contributed by atoms with van der Waals surface area (Å²) in [6, 6.07) is 19.4. The van der Waals surface area contributed by atoms with E-state index in [9.17, 15) is 24.3 Å². The van der Waals surface area contributed by atoms with Crippen LogP contribution in [0.1, 0.15) is 84.3 Å². The van der Waals surface area contributed by atoms with E-state index >= 15 is 0 Å². The topological polar surface area (TPSA) is 128 Å². The van der Waals surface area contributed by atoms with Crippen molar-refractivity contribution in [2.24, 2.45) is 0 Å². The second kappa shape index (κ2) is 23.6. The molecule has 0 radical (unpaired) electrons. The van der Waals surface area contributed by atoms with Gasteiger partial charge in [-0.05, 0) is 96.4 Å². The van der Waals surface area contributed by atoms with E-state index in [0.29, 0.717) is 26.2 Å². The van der Waals surface area contributed by atoms with Gasteiger partial charge in [-0.1, -0.05) is 66.7 Å². The van der Waals surface area contributed by atoms with Crippen LogP contribution < -0.4 is 16.0 Å². The number of hydrogen-bond donors (Lipinski definition) is 4. The lowest BCUT2D eigenvalue weighted by molar-refractivity contribution is -0.117. The Morgan fingerprint density at radius 1 is 0.681 bits per heavy atom. The van der Waals surface area contributed by atoms with E-state index in [1.54, 1.807) is 31.2 Å². The molecule has 0 unspecified atom stereocenters. The predicted octanol–water partition coefficient (Wildman–Crippen LogP) is 6.83. The number of hydrogen-bond acceptors (Lipinski definition) is 4. The Morgan fingerprint density at radius 2 is 1.11 bits per heavy atom. The third kappa shape index (κ3) is 20.2. The number of rotatable bonds is 17. The van der Waals surface area contributed by atoms with Crippen LogP contribution in [0.25, 0.3) is 12.2 Å². The van der Waals surface area contributed by atoms with Crippen molar-refractivity contribution < 1.29 is 24.3 Å². The monoisotopic (exact) mass is 646 g/mol. The number of carbonyl (C=O) groups excluding carboxylic acids is 3. The number of benzene rings is 2. The Kier molecular flexibility index (Phi) is 20.3. The van der Waals surface area contributed by atoms with Crippen molar-refractivity contribution >= 4 is 36.0 Å². The Labute approximate surface area is 281 Å². The first-order valence-corrected chi connectivity index (χ1v) is 16.4. The van der Waals surface area contributed by atoms with Crippen LogP contribution in [-0.2, 0) is 14.4 Å². The summed E-state index contributed by atoms with van der Waals surface area (Å²) in [4.78, 5) is 47.5. The van der Waals surface area contributed by atoms with Gasteiger partial charge >= 0.3 is 6.09 Å². The molecule has 0 aliphatic rings. The van der Waals surface area contributed by atoms with E-state index < -0.39 is 6.09 Å². The van der Waals surface area contributed by atoms with Gasteiger partial charge in [-0.3, -0.25) is 14.4 Å². The zero-order valence-corrected chi connectivity index (χ0v) is 28.8. The average molecular weight is 647 g/mol. The first-order chi connectivity index (χ1) is 22.4. The molecular formula is C38H54N4O5. The first kappa shape index (κ1) is 40.4. The largest absolute Gasteiger partial charge is 0.465 e. The van der Waals surface area contributed by atoms with Crippen molar-refractivity contribution in [2.75, 3.05) is 26.2 Å². The van der Waals surface area contributed by atoms with Crippen LogP contribution in [0.3, 0.4) is 0 Å². The maximum absolute atomic E-state index is 11.7. The SMILES string of the molecule is C/C=C(\C)C(=O)NCCCCCNC(=O)C=Cc1ccccc1.CC(C)(C)N(CCCCCNC(=O)C=Cc1ccccc1)C(=O)O. The Morgan fingerprint density at radius 3 is 1.51 bits per heavy atom. The molecule has 9 heteroatoms. The summed E-state index contributed by atoms with van der Waals surface area (Å²) in [5.41, 5.74) is 2.35. The first-order valence-electron chi connectivity index (χ1n) is 16.4. The molecule has 2 aromatic rings. The van der Waals surface area contributed by atoms with Gasteiger partial charge in [0.1, 0.15) is 0 Å². The summed E-state index contributed by atoms with van der Waals surface area (Å²) in [5, 5.41) is 17.8. The molecule has 4 amide bonds. The second-order valence-corrected chi connectivity index (χ2v) is 12.0. The van der Waals surface area contributed by atoms with Gasteiger partial charge in [0, 0.05) is 49.4 Å². The third-order valence-electron chi connectivity index (χ3n) is 7.08. The van der Waals surface area contributed by atoms with Crippen molar-refractivity contribution in [1.82, 2.24) is 20.9 Å². The maximum atomic E-state index is 11.7. The lowest BCUT2D eigenvalue weighted by atomic mass is 10.1. The van der Waals surface area contributed by atoms with Crippen LogP contribution in [0.5, 0.6) is 0 Å². The number of unbranched alkanes of at least 4 members (excludes halogenated alkanes) is 4. The van der Waals surface area contributed by atoms with E-state index in [2.05, 4.69) is 16.0 Å². The van der Waals surface area contributed by atoms with Crippen LogP contribution >= 0.6 is 0 Å². The van der Waals surface area contributed by atoms with Gasteiger partial charge in [0.25, 0.3) is 0 Å². The molecule has 0 atom stereocenters. The van der Waals surface area contributed by atoms with Crippen molar-refractivity contribution in [1.29, 1.82) is 0 Å². The summed E-state index contributed by atoms with van der Waals surface area (Å²) < 4.78 is 0. The number of nitrogens with zero attached hydrogens (tertiary/aromatic N) is 1. The smallest absolute Gasteiger partial charge is 0.407 e. The van der Waals surface area contributed by atoms with Crippen LogP contribution in [0.15, 0.2) is 84.5 Å². The highest BCUT2D eigenvalue weighted by molar-refractivity contribution is 5.93. The molecule has 0 aliphatic carbocycles. The standard InChI is InChI=1S/C19H28N2O3.C19H26N2O2/c1-19(2,3)21(18(23)24)15-9-5-8-14-20-17(22)13-12-16-10-6-4-7-11-16;1-3-16(2)19(23)21-15-9-5-8-14-20-18(22)13-12-17-10-6-4-7-11-17/h4,6-7,10-13H,5,8-9,14-15H2,1-3H3,(H,20,22)(H,23,24);3-4,6-7,10-13H,5,8-9,14-15H2,1-2H3,(H,20,22)(H,21,23)/b;13-12?,16-3+. The molecule has 47 heavy (non-hydrogen) atoms. The van der Waals surface area contributed by atoms with Gasteiger partial charge < -0.3 is 26.0 Å². The lowest BCUT2D eigenvalue weighted by Crippen LogP contribution is -2.45. The molecule has 0 heterocycles. The van der Waals surface area contributed by atoms with Crippen LogP contribution in [0.2, 0.25) is 0 Å². The normalized spacial score (nSPS) is 11.5. The maximum Gasteiger partial charge on any atom is 0.407 e. The van der Waals surface area contributed by atoms with E-state index in [1.807, 2.05) is 88.4 Å².